The molecule has 0 atom stereocenters. The maximum atomic E-state index is 11.2. The van der Waals surface area contributed by atoms with Gasteiger partial charge >= 0.3 is 5.97 Å². The summed E-state index contributed by atoms with van der Waals surface area (Å²) >= 11 is 0. The van der Waals surface area contributed by atoms with E-state index in [9.17, 15) is 13.2 Å². The van der Waals surface area contributed by atoms with Crippen LogP contribution >= 0.6 is 0 Å². The summed E-state index contributed by atoms with van der Waals surface area (Å²) in [6.45, 7) is 4.29. The molecule has 0 spiro atoms. The first-order valence-electron chi connectivity index (χ1n) is 6.30. The summed E-state index contributed by atoms with van der Waals surface area (Å²) in [5, 5.41) is 12.0. The minimum atomic E-state index is -3.02. The quantitative estimate of drug-likeness (QED) is 0.806. The summed E-state index contributed by atoms with van der Waals surface area (Å²) in [6.07, 6.45) is 1.29. The second-order valence-corrected chi connectivity index (χ2v) is 8.00. The molecule has 0 aliphatic heterocycles. The van der Waals surface area contributed by atoms with Crippen molar-refractivity contribution < 1.29 is 18.3 Å². The average Bonchev–Trinajstić information content (AvgIpc) is 2.24. The maximum absolute atomic E-state index is 11.2. The zero-order chi connectivity index (χ0) is 15.4. The molecule has 0 amide bonds. The first-order valence-corrected chi connectivity index (χ1v) is 8.36. The number of nitrogens with one attached hydrogen (secondary N) is 1. The Labute approximate surface area is 119 Å². The molecule has 5 nitrogen and oxygen atoms in total. The van der Waals surface area contributed by atoms with Crippen LogP contribution in [-0.4, -0.2) is 32.3 Å². The summed E-state index contributed by atoms with van der Waals surface area (Å²) in [6, 6.07) is 7.12. The van der Waals surface area contributed by atoms with Crippen molar-refractivity contribution >= 4 is 21.5 Å². The van der Waals surface area contributed by atoms with Gasteiger partial charge in [-0.25, -0.2) is 8.42 Å². The molecule has 20 heavy (non-hydrogen) atoms. The first-order chi connectivity index (χ1) is 9.07. The van der Waals surface area contributed by atoms with Crippen molar-refractivity contribution in [3.05, 3.63) is 29.8 Å². The lowest BCUT2D eigenvalue weighted by Crippen LogP contribution is -2.26. The number of benzene rings is 1. The van der Waals surface area contributed by atoms with Gasteiger partial charge in [0.25, 0.3) is 0 Å². The number of carbonyl (C=O) groups is 1. The van der Waals surface area contributed by atoms with Gasteiger partial charge in [-0.15, -0.1) is 0 Å². The number of carboxylic acids is 1. The third kappa shape index (κ3) is 6.56. The summed E-state index contributed by atoms with van der Waals surface area (Å²) < 4.78 is 22.3. The van der Waals surface area contributed by atoms with Crippen LogP contribution < -0.4 is 5.32 Å². The predicted octanol–water partition coefficient (Wildman–Crippen LogP) is 2.14. The number of aliphatic carboxylic acids is 1. The predicted molar refractivity (Wildman–Crippen MR) is 79.5 cm³/mol. The van der Waals surface area contributed by atoms with Gasteiger partial charge in [-0.3, -0.25) is 4.79 Å². The molecule has 112 valence electrons. The molecule has 0 fully saturated rings. The van der Waals surface area contributed by atoms with Crippen LogP contribution in [0.2, 0.25) is 0 Å². The summed E-state index contributed by atoms with van der Waals surface area (Å²) in [4.78, 5) is 10.7. The van der Waals surface area contributed by atoms with Gasteiger partial charge in [0.15, 0.2) is 9.84 Å². The Morgan fingerprint density at radius 2 is 1.80 bits per heavy atom. The lowest BCUT2D eigenvalue weighted by molar-refractivity contribution is -0.139. The minimum absolute atomic E-state index is 0.0256. The smallest absolute Gasteiger partial charge is 0.303 e. The fourth-order valence-electron chi connectivity index (χ4n) is 1.83. The Bertz CT molecular complexity index is 561. The molecule has 0 aliphatic carbocycles. The number of hydrogen-bond acceptors (Lipinski definition) is 4. The summed E-state index contributed by atoms with van der Waals surface area (Å²) in [5.74, 6) is -0.794. The molecule has 0 aliphatic rings. The van der Waals surface area contributed by atoms with Gasteiger partial charge in [-0.2, -0.15) is 0 Å². The molecular weight excluding hydrogens is 278 g/mol. The number of hydrogen-bond donors (Lipinski definition) is 2. The minimum Gasteiger partial charge on any atom is -0.481 e. The number of sulfone groups is 1. The van der Waals surface area contributed by atoms with Gasteiger partial charge in [0.1, 0.15) is 0 Å². The van der Waals surface area contributed by atoms with E-state index in [1.807, 2.05) is 13.8 Å². The van der Waals surface area contributed by atoms with Crippen LogP contribution in [0.5, 0.6) is 0 Å². The highest BCUT2D eigenvalue weighted by Gasteiger charge is 2.21. The molecule has 2 N–H and O–H groups in total. The largest absolute Gasteiger partial charge is 0.481 e. The van der Waals surface area contributed by atoms with E-state index in [0.29, 0.717) is 6.54 Å². The Morgan fingerprint density at radius 1 is 1.25 bits per heavy atom. The molecule has 6 heteroatoms. The number of rotatable bonds is 7. The zero-order valence-electron chi connectivity index (χ0n) is 12.0. The Balaban J connectivity index is 2.60. The van der Waals surface area contributed by atoms with Crippen LogP contribution in [0.3, 0.4) is 0 Å². The molecule has 0 radical (unpaired) electrons. The molecule has 0 saturated carbocycles. The average molecular weight is 299 g/mol. The van der Waals surface area contributed by atoms with Crippen molar-refractivity contribution in [2.75, 3.05) is 18.1 Å². The van der Waals surface area contributed by atoms with Gasteiger partial charge in [-0.05, 0) is 23.1 Å². The van der Waals surface area contributed by atoms with Crippen LogP contribution in [0.25, 0.3) is 0 Å². The molecule has 0 aromatic heterocycles. The highest BCUT2D eigenvalue weighted by molar-refractivity contribution is 7.89. The van der Waals surface area contributed by atoms with Crippen molar-refractivity contribution in [2.24, 2.45) is 5.41 Å². The standard InChI is InChI=1S/C14H21NO4S/c1-14(2,8-13(16)17)10-15-12-6-4-11(5-7-12)9-20(3,18)19/h4-7,15H,8-10H2,1-3H3,(H,16,17). The second-order valence-electron chi connectivity index (χ2n) is 5.86. The SMILES string of the molecule is CC(C)(CNc1ccc(CS(C)(=O)=O)cc1)CC(=O)O. The topological polar surface area (TPSA) is 83.5 Å². The lowest BCUT2D eigenvalue weighted by atomic mass is 9.89. The highest BCUT2D eigenvalue weighted by Crippen LogP contribution is 2.21. The lowest BCUT2D eigenvalue weighted by Gasteiger charge is -2.23. The molecule has 1 aromatic carbocycles. The van der Waals surface area contributed by atoms with Gasteiger partial charge in [0, 0.05) is 18.5 Å². The summed E-state index contributed by atoms with van der Waals surface area (Å²) in [7, 11) is -3.02. The van der Waals surface area contributed by atoms with Crippen molar-refractivity contribution in [1.29, 1.82) is 0 Å². The molecule has 0 saturated heterocycles. The van der Waals surface area contributed by atoms with Crippen LogP contribution in [0.1, 0.15) is 25.8 Å². The van der Waals surface area contributed by atoms with E-state index in [1.165, 1.54) is 6.26 Å². The van der Waals surface area contributed by atoms with Crippen LogP contribution in [0, 0.1) is 5.41 Å². The molecule has 1 rings (SSSR count). The van der Waals surface area contributed by atoms with Crippen molar-refractivity contribution in [1.82, 2.24) is 0 Å². The Hall–Kier alpha value is -1.56. The van der Waals surface area contributed by atoms with Gasteiger partial charge in [-0.1, -0.05) is 26.0 Å². The van der Waals surface area contributed by atoms with E-state index >= 15 is 0 Å². The molecule has 0 bridgehead atoms. The molecule has 0 heterocycles. The third-order valence-corrected chi connectivity index (χ3v) is 3.64. The maximum Gasteiger partial charge on any atom is 0.303 e. The monoisotopic (exact) mass is 299 g/mol. The van der Waals surface area contributed by atoms with Gasteiger partial charge < -0.3 is 10.4 Å². The normalized spacial score (nSPS) is 12.2. The van der Waals surface area contributed by atoms with Crippen LogP contribution in [0.4, 0.5) is 5.69 Å². The second kappa shape index (κ2) is 6.26. The van der Waals surface area contributed by atoms with Gasteiger partial charge in [0.2, 0.25) is 0 Å². The van der Waals surface area contributed by atoms with E-state index < -0.39 is 15.8 Å². The Morgan fingerprint density at radius 3 is 2.25 bits per heavy atom. The number of carboxylic acid groups (broad SMARTS) is 1. The molecule has 0 unspecified atom stereocenters. The Kier molecular flexibility index (Phi) is 5.16. The van der Waals surface area contributed by atoms with E-state index in [-0.39, 0.29) is 17.6 Å². The summed E-state index contributed by atoms with van der Waals surface area (Å²) in [5.41, 5.74) is 1.24. The van der Waals surface area contributed by atoms with E-state index in [1.54, 1.807) is 24.3 Å². The fraction of sp³-hybridized carbons (Fsp3) is 0.500. The highest BCUT2D eigenvalue weighted by atomic mass is 32.2. The molecular formula is C14H21NO4S. The van der Waals surface area contributed by atoms with Crippen molar-refractivity contribution in [2.45, 2.75) is 26.0 Å². The fourth-order valence-corrected chi connectivity index (χ4v) is 2.63. The number of anilines is 1. The zero-order valence-corrected chi connectivity index (χ0v) is 12.8. The van der Waals surface area contributed by atoms with E-state index in [0.717, 1.165) is 11.3 Å². The molecule has 1 aromatic rings. The van der Waals surface area contributed by atoms with Crippen molar-refractivity contribution in [3.8, 4) is 0 Å². The van der Waals surface area contributed by atoms with Gasteiger partial charge in [0.05, 0.1) is 12.2 Å². The van der Waals surface area contributed by atoms with Crippen molar-refractivity contribution in [3.63, 3.8) is 0 Å². The van der Waals surface area contributed by atoms with E-state index in [4.69, 9.17) is 5.11 Å². The van der Waals surface area contributed by atoms with E-state index in [2.05, 4.69) is 5.32 Å². The first kappa shape index (κ1) is 16.5. The van der Waals surface area contributed by atoms with Crippen LogP contribution in [-0.2, 0) is 20.4 Å². The van der Waals surface area contributed by atoms with Crippen LogP contribution in [0.15, 0.2) is 24.3 Å². The third-order valence-electron chi connectivity index (χ3n) is 2.78.